The van der Waals surface area contributed by atoms with Gasteiger partial charge in [0.2, 0.25) is 11.8 Å². The number of amides is 2. The number of aliphatic carboxylic acids is 1. The second-order valence-electron chi connectivity index (χ2n) is 12.3. The van der Waals surface area contributed by atoms with Crippen LogP contribution in [0, 0.1) is 5.92 Å². The Kier molecular flexibility index (Phi) is 15.7. The maximum atomic E-state index is 13.9. The lowest BCUT2D eigenvalue weighted by molar-refractivity contribution is -0.136. The molecule has 4 aliphatic rings. The number of carbonyl (C=O) groups is 3. The van der Waals surface area contributed by atoms with E-state index in [2.05, 4.69) is 19.9 Å². The molecule has 19 nitrogen and oxygen atoms in total. The highest BCUT2D eigenvalue weighted by molar-refractivity contribution is 7.87. The van der Waals surface area contributed by atoms with Crippen LogP contribution in [-0.4, -0.2) is 174 Å². The average Bonchev–Trinajstić information content (AvgIpc) is 3.88. The molecule has 0 radical (unpaired) electrons. The van der Waals surface area contributed by atoms with E-state index in [1.807, 2.05) is 16.8 Å². The Balaban J connectivity index is 0.00000148. The van der Waals surface area contributed by atoms with Gasteiger partial charge in [0.05, 0.1) is 19.6 Å². The van der Waals surface area contributed by atoms with Crippen LogP contribution in [0.25, 0.3) is 0 Å². The van der Waals surface area contributed by atoms with Crippen molar-refractivity contribution in [1.29, 1.82) is 0 Å². The molecule has 6 N–H and O–H groups in total. The first-order chi connectivity index (χ1) is 22.7. The summed E-state index contributed by atoms with van der Waals surface area (Å²) in [5.74, 6) is 3.58. The summed E-state index contributed by atoms with van der Waals surface area (Å²) in [6.45, 7) is 5.69. The number of likely N-dealkylation sites (tertiary alicyclic amines) is 1. The molecule has 0 aromatic heterocycles. The molecule has 3 aliphatic heterocycles. The number of ether oxygens (including phenoxy) is 1. The molecule has 21 heteroatoms. The molecule has 0 bridgehead atoms. The zero-order chi connectivity index (χ0) is 35.3. The van der Waals surface area contributed by atoms with E-state index in [1.165, 1.54) is 13.5 Å². The largest absolute Gasteiger partial charge is 0.481 e. The third kappa shape index (κ3) is 13.3. The van der Waals surface area contributed by atoms with Gasteiger partial charge in [0.1, 0.15) is 12.4 Å². The minimum absolute atomic E-state index is 0.0314. The molecular weight excluding hydrogens is 672 g/mol. The summed E-state index contributed by atoms with van der Waals surface area (Å²) >= 11 is 0. The molecule has 4 rings (SSSR count). The van der Waals surface area contributed by atoms with Gasteiger partial charge in [-0.25, -0.2) is 4.72 Å². The normalized spacial score (nSPS) is 22.5. The van der Waals surface area contributed by atoms with Crippen molar-refractivity contribution in [2.75, 3.05) is 92.3 Å². The summed E-state index contributed by atoms with van der Waals surface area (Å²) in [4.78, 5) is 41.5. The summed E-state index contributed by atoms with van der Waals surface area (Å²) in [5.41, 5.74) is 0. The fourth-order valence-electron chi connectivity index (χ4n) is 5.67. The minimum atomic E-state index is -4.10. The van der Waals surface area contributed by atoms with Gasteiger partial charge < -0.3 is 35.7 Å². The van der Waals surface area contributed by atoms with Gasteiger partial charge in [-0.3, -0.25) is 14.4 Å². The molecule has 48 heavy (non-hydrogen) atoms. The Morgan fingerprint density at radius 3 is 2.23 bits per heavy atom. The Labute approximate surface area is 283 Å². The average molecular weight is 725 g/mol. The van der Waals surface area contributed by atoms with Crippen molar-refractivity contribution >= 4 is 44.5 Å². The molecule has 0 spiro atoms. The first-order valence-corrected chi connectivity index (χ1v) is 19.1. The van der Waals surface area contributed by atoms with Crippen molar-refractivity contribution in [3.63, 3.8) is 0 Å². The van der Waals surface area contributed by atoms with Gasteiger partial charge in [-0.1, -0.05) is 0 Å². The number of morpholine rings is 1. The number of nitrogens with zero attached hydrogens (tertiary/aromatic N) is 6. The molecule has 3 saturated heterocycles. The number of likely N-dealkylation sites (N-methyl/N-ethyl adjacent to an activating group) is 1. The van der Waals surface area contributed by atoms with Crippen LogP contribution >= 0.6 is 0 Å². The lowest BCUT2D eigenvalue weighted by atomic mass is 9.98. The molecule has 2 atom stereocenters. The van der Waals surface area contributed by atoms with Crippen molar-refractivity contribution in [3.8, 4) is 0 Å². The van der Waals surface area contributed by atoms with E-state index in [0.717, 1.165) is 39.2 Å². The Morgan fingerprint density at radius 1 is 1.00 bits per heavy atom. The number of carboxylic acid groups (broad SMARTS) is 1. The van der Waals surface area contributed by atoms with E-state index < -0.39 is 44.2 Å². The second-order valence-corrected chi connectivity index (χ2v) is 15.8. The predicted octanol–water partition coefficient (Wildman–Crippen LogP) is -3.19. The van der Waals surface area contributed by atoms with Gasteiger partial charge in [-0.2, -0.15) is 35.3 Å². The number of hydrogen-bond donors (Lipinski definition) is 5. The number of hydrogen-bond acceptors (Lipinski definition) is 11. The first kappa shape index (κ1) is 39.8. The molecule has 276 valence electrons. The number of piperazine rings is 1. The topological polar surface area (TPSA) is 240 Å². The lowest BCUT2D eigenvalue weighted by Crippen LogP contribution is -2.57. The monoisotopic (exact) mass is 724 g/mol. The van der Waals surface area contributed by atoms with E-state index in [9.17, 15) is 26.4 Å². The molecule has 1 saturated carbocycles. The van der Waals surface area contributed by atoms with Crippen LogP contribution in [0.5, 0.6) is 0 Å². The fourth-order valence-corrected chi connectivity index (χ4v) is 8.17. The zero-order valence-corrected chi connectivity index (χ0v) is 29.5. The maximum absolute atomic E-state index is 13.9. The van der Waals surface area contributed by atoms with Crippen LogP contribution in [0.3, 0.4) is 0 Å². The molecule has 0 unspecified atom stereocenters. The number of rotatable bonds is 15. The van der Waals surface area contributed by atoms with Crippen molar-refractivity contribution in [2.24, 2.45) is 16.9 Å². The summed E-state index contributed by atoms with van der Waals surface area (Å²) in [6.07, 6.45) is 4.44. The van der Waals surface area contributed by atoms with Crippen LogP contribution in [0.15, 0.2) is 5.10 Å². The predicted molar refractivity (Wildman–Crippen MR) is 177 cm³/mol. The third-order valence-electron chi connectivity index (χ3n) is 8.37. The number of piperidine rings is 1. The van der Waals surface area contributed by atoms with E-state index in [-0.39, 0.29) is 57.8 Å². The number of nitrogens with two attached hydrogens (primary N) is 1. The van der Waals surface area contributed by atoms with Crippen molar-refractivity contribution in [3.05, 3.63) is 0 Å². The Hall–Kier alpha value is -2.66. The SMILES string of the molecule is CC(=O)O.CN1CCN(S(=O)(=O)NCCN(C(=O)[C@H](CC(=O)NC[C@@H]2CCCN(C=NN)C2)NS(=O)(=O)N2CCOCC2)C2CC2)CC1. The molecule has 0 aromatic rings. The van der Waals surface area contributed by atoms with Gasteiger partial charge in [0, 0.05) is 85.0 Å². The van der Waals surface area contributed by atoms with Gasteiger partial charge >= 0.3 is 0 Å². The van der Waals surface area contributed by atoms with Crippen LogP contribution in [0.4, 0.5) is 0 Å². The number of carboxylic acids is 1. The van der Waals surface area contributed by atoms with E-state index in [4.69, 9.17) is 20.5 Å². The summed E-state index contributed by atoms with van der Waals surface area (Å²) in [6, 6.07) is -1.50. The highest BCUT2D eigenvalue weighted by Crippen LogP contribution is 2.27. The minimum Gasteiger partial charge on any atom is -0.481 e. The van der Waals surface area contributed by atoms with Crippen molar-refractivity contribution in [1.82, 2.24) is 38.1 Å². The number of carbonyl (C=O) groups excluding carboxylic acids is 2. The standard InChI is InChI=1S/C25H48N10O7S2.C2H4O2/c1-31-9-11-33(12-10-31)43(38,39)29-6-8-35(22-4-5-22)25(37)23(30-44(40,41)34-13-15-42-16-14-34)17-24(36)27-18-21-3-2-7-32(19-21)20-28-26;1-2(3)4/h20-23,29-30H,2-19,26H2,1H3,(H,27,36);1H3,(H,3,4)/t21-,23-;/m0./s1. The van der Waals surface area contributed by atoms with Crippen LogP contribution in [0.2, 0.25) is 0 Å². The number of hydrazone groups is 1. The molecule has 3 heterocycles. The van der Waals surface area contributed by atoms with Gasteiger partial charge in [0.25, 0.3) is 26.4 Å². The smallest absolute Gasteiger partial charge is 0.300 e. The Morgan fingerprint density at radius 2 is 1.62 bits per heavy atom. The van der Waals surface area contributed by atoms with Gasteiger partial charge in [-0.15, -0.1) is 0 Å². The molecule has 0 aromatic carbocycles. The van der Waals surface area contributed by atoms with Crippen LogP contribution in [-0.2, 0) is 39.5 Å². The molecule has 1 aliphatic carbocycles. The quantitative estimate of drug-likeness (QED) is 0.0486. The number of nitrogens with one attached hydrogen (secondary N) is 3. The van der Waals surface area contributed by atoms with E-state index in [0.29, 0.717) is 39.3 Å². The molecule has 4 fully saturated rings. The maximum Gasteiger partial charge on any atom is 0.300 e. The van der Waals surface area contributed by atoms with Gasteiger partial charge in [0.15, 0.2) is 0 Å². The first-order valence-electron chi connectivity index (χ1n) is 16.2. The zero-order valence-electron chi connectivity index (χ0n) is 27.8. The highest BCUT2D eigenvalue weighted by atomic mass is 32.2. The highest BCUT2D eigenvalue weighted by Gasteiger charge is 2.39. The van der Waals surface area contributed by atoms with Crippen molar-refractivity contribution < 1.29 is 41.1 Å². The Bertz CT molecular complexity index is 1300. The summed E-state index contributed by atoms with van der Waals surface area (Å²) < 4.78 is 65.1. The van der Waals surface area contributed by atoms with Gasteiger partial charge in [-0.05, 0) is 38.6 Å². The summed E-state index contributed by atoms with van der Waals surface area (Å²) in [5, 5.41) is 13.9. The van der Waals surface area contributed by atoms with Crippen LogP contribution in [0.1, 0.15) is 39.0 Å². The third-order valence-corrected chi connectivity index (χ3v) is 11.6. The van der Waals surface area contributed by atoms with E-state index >= 15 is 0 Å². The van der Waals surface area contributed by atoms with Crippen LogP contribution < -0.4 is 20.6 Å². The molecular formula is C27H52N10O9S2. The van der Waals surface area contributed by atoms with E-state index in [1.54, 1.807) is 6.34 Å². The fraction of sp³-hybridized carbons (Fsp3) is 0.852. The lowest BCUT2D eigenvalue weighted by Gasteiger charge is -2.33. The van der Waals surface area contributed by atoms with Crippen molar-refractivity contribution in [2.45, 2.75) is 51.1 Å². The molecule has 2 amide bonds. The summed E-state index contributed by atoms with van der Waals surface area (Å²) in [7, 11) is -5.91. The second kappa shape index (κ2) is 18.9.